The molecule has 0 aliphatic carbocycles. The van der Waals surface area contributed by atoms with Gasteiger partial charge in [-0.25, -0.2) is 0 Å². The molecule has 0 amide bonds. The van der Waals surface area contributed by atoms with Crippen LogP contribution in [0.1, 0.15) is 20.8 Å². The molecule has 3 heteroatoms. The monoisotopic (exact) mass is 133 g/mol. The van der Waals surface area contributed by atoms with Gasteiger partial charge >= 0.3 is 0 Å². The maximum atomic E-state index is 10.9. The van der Waals surface area contributed by atoms with Crippen LogP contribution in [0.25, 0.3) is 0 Å². The zero-order chi connectivity index (χ0) is 7.49. The van der Waals surface area contributed by atoms with Crippen LogP contribution in [-0.4, -0.2) is 19.4 Å². The van der Waals surface area contributed by atoms with Gasteiger partial charge in [0.15, 0.2) is 5.72 Å². The SMILES string of the molecule is CC[NH+]([O-])C(C)(C)OC. The van der Waals surface area contributed by atoms with Crippen LogP contribution in [0, 0.1) is 5.21 Å². The van der Waals surface area contributed by atoms with Gasteiger partial charge in [-0.15, -0.1) is 0 Å². The average Bonchev–Trinajstić information content (AvgIpc) is 1.86. The van der Waals surface area contributed by atoms with Crippen LogP contribution in [0.2, 0.25) is 0 Å². The summed E-state index contributed by atoms with van der Waals surface area (Å²) in [6.45, 7) is 5.93. The molecule has 56 valence electrons. The van der Waals surface area contributed by atoms with E-state index in [1.807, 2.05) is 6.92 Å². The third-order valence-electron chi connectivity index (χ3n) is 1.50. The zero-order valence-corrected chi connectivity index (χ0v) is 6.52. The Morgan fingerprint density at radius 3 is 2.11 bits per heavy atom. The zero-order valence-electron chi connectivity index (χ0n) is 6.52. The van der Waals surface area contributed by atoms with Gasteiger partial charge in [0.05, 0.1) is 6.54 Å². The number of rotatable bonds is 3. The summed E-state index contributed by atoms with van der Waals surface area (Å²) in [5.41, 5.74) is -0.589. The van der Waals surface area contributed by atoms with Crippen molar-refractivity contribution in [2.45, 2.75) is 26.5 Å². The molecule has 3 nitrogen and oxygen atoms in total. The van der Waals surface area contributed by atoms with Crippen molar-refractivity contribution in [1.29, 1.82) is 0 Å². The maximum Gasteiger partial charge on any atom is 0.195 e. The molecule has 0 heterocycles. The summed E-state index contributed by atoms with van der Waals surface area (Å²) in [4.78, 5) is 0. The number of nitrogens with one attached hydrogen (secondary N) is 1. The van der Waals surface area contributed by atoms with Crippen LogP contribution in [0.4, 0.5) is 0 Å². The highest BCUT2D eigenvalue weighted by Gasteiger charge is 2.21. The Morgan fingerprint density at radius 2 is 2.00 bits per heavy atom. The van der Waals surface area contributed by atoms with Gasteiger partial charge in [0.25, 0.3) is 0 Å². The van der Waals surface area contributed by atoms with Gasteiger partial charge in [-0.2, -0.15) is 0 Å². The lowest BCUT2D eigenvalue weighted by Crippen LogP contribution is -3.15. The molecular formula is C6H15NO2. The standard InChI is InChI=1S/C6H15NO2/c1-5-7(8)6(2,3)9-4/h7H,5H2,1-4H3. The quantitative estimate of drug-likeness (QED) is 0.426. The lowest BCUT2D eigenvalue weighted by atomic mass is 10.3. The molecule has 0 aromatic heterocycles. The van der Waals surface area contributed by atoms with E-state index >= 15 is 0 Å². The summed E-state index contributed by atoms with van der Waals surface area (Å²) in [6.07, 6.45) is 0. The van der Waals surface area contributed by atoms with Crippen LogP contribution >= 0.6 is 0 Å². The predicted octanol–water partition coefficient (Wildman–Crippen LogP) is -0.228. The minimum atomic E-state index is -0.589. The van der Waals surface area contributed by atoms with Gasteiger partial charge in [-0.3, -0.25) is 0 Å². The molecule has 0 rings (SSSR count). The van der Waals surface area contributed by atoms with Crippen molar-refractivity contribution in [2.75, 3.05) is 13.7 Å². The first kappa shape index (κ1) is 8.88. The minimum Gasteiger partial charge on any atom is -0.632 e. The summed E-state index contributed by atoms with van der Waals surface area (Å²) < 4.78 is 4.94. The Morgan fingerprint density at radius 1 is 1.56 bits per heavy atom. The largest absolute Gasteiger partial charge is 0.632 e. The number of hydrogen-bond acceptors (Lipinski definition) is 2. The molecule has 0 saturated carbocycles. The third-order valence-corrected chi connectivity index (χ3v) is 1.50. The first-order valence-electron chi connectivity index (χ1n) is 3.13. The lowest BCUT2D eigenvalue weighted by Gasteiger charge is -2.35. The second kappa shape index (κ2) is 3.15. The summed E-state index contributed by atoms with van der Waals surface area (Å²) in [6, 6.07) is 0. The molecule has 0 fully saturated rings. The van der Waals surface area contributed by atoms with Crippen LogP contribution in [0.15, 0.2) is 0 Å². The molecule has 0 aliphatic rings. The highest BCUT2D eigenvalue weighted by Crippen LogP contribution is 1.94. The predicted molar refractivity (Wildman–Crippen MR) is 36.0 cm³/mol. The Bertz CT molecular complexity index is 83.1. The molecule has 1 N–H and O–H groups in total. The van der Waals surface area contributed by atoms with Gasteiger partial charge in [0, 0.05) is 21.0 Å². The molecule has 0 bridgehead atoms. The second-order valence-corrected chi connectivity index (χ2v) is 2.49. The van der Waals surface area contributed by atoms with Crippen LogP contribution in [-0.2, 0) is 4.74 Å². The molecule has 0 saturated heterocycles. The normalized spacial score (nSPS) is 15.7. The highest BCUT2D eigenvalue weighted by atomic mass is 16.6. The van der Waals surface area contributed by atoms with Crippen molar-refractivity contribution in [1.82, 2.24) is 0 Å². The summed E-state index contributed by atoms with van der Waals surface area (Å²) in [7, 11) is 1.55. The number of ether oxygens (including phenoxy) is 1. The van der Waals surface area contributed by atoms with Gasteiger partial charge < -0.3 is 15.0 Å². The number of hydrogen-bond donors (Lipinski definition) is 1. The van der Waals surface area contributed by atoms with Crippen LogP contribution in [0.3, 0.4) is 0 Å². The minimum absolute atomic E-state index is 0.144. The Labute approximate surface area is 56.2 Å². The fraction of sp³-hybridized carbons (Fsp3) is 1.00. The number of quaternary nitrogens is 1. The number of methoxy groups -OCH3 is 1. The van der Waals surface area contributed by atoms with Crippen molar-refractivity contribution < 1.29 is 9.80 Å². The Hall–Kier alpha value is -0.120. The van der Waals surface area contributed by atoms with E-state index in [9.17, 15) is 5.21 Å². The maximum absolute atomic E-state index is 10.9. The molecule has 0 aromatic rings. The van der Waals surface area contributed by atoms with E-state index in [0.717, 1.165) is 0 Å². The van der Waals surface area contributed by atoms with Gasteiger partial charge in [-0.05, 0) is 6.92 Å². The molecule has 0 radical (unpaired) electrons. The molecule has 0 aromatic carbocycles. The van der Waals surface area contributed by atoms with E-state index in [1.54, 1.807) is 21.0 Å². The smallest absolute Gasteiger partial charge is 0.195 e. The summed E-state index contributed by atoms with van der Waals surface area (Å²) >= 11 is 0. The van der Waals surface area contributed by atoms with Gasteiger partial charge in [-0.1, -0.05) is 0 Å². The fourth-order valence-electron chi connectivity index (χ4n) is 0.540. The van der Waals surface area contributed by atoms with E-state index in [-0.39, 0.29) is 5.06 Å². The van der Waals surface area contributed by atoms with E-state index in [4.69, 9.17) is 4.74 Å². The van der Waals surface area contributed by atoms with Crippen molar-refractivity contribution in [3.8, 4) is 0 Å². The molecule has 1 unspecified atom stereocenters. The van der Waals surface area contributed by atoms with E-state index in [2.05, 4.69) is 0 Å². The average molecular weight is 133 g/mol. The first-order valence-corrected chi connectivity index (χ1v) is 3.13. The first-order chi connectivity index (χ1) is 4.04. The highest BCUT2D eigenvalue weighted by molar-refractivity contribution is 4.47. The van der Waals surface area contributed by atoms with Crippen LogP contribution in [0.5, 0.6) is 0 Å². The molecular weight excluding hydrogens is 118 g/mol. The Kier molecular flexibility index (Phi) is 3.11. The van der Waals surface area contributed by atoms with Gasteiger partial charge in [0.2, 0.25) is 0 Å². The third kappa shape index (κ3) is 2.30. The lowest BCUT2D eigenvalue weighted by molar-refractivity contribution is -0.927. The van der Waals surface area contributed by atoms with E-state index in [1.165, 1.54) is 0 Å². The van der Waals surface area contributed by atoms with Crippen molar-refractivity contribution >= 4 is 0 Å². The van der Waals surface area contributed by atoms with Crippen LogP contribution < -0.4 is 5.06 Å². The van der Waals surface area contributed by atoms with E-state index in [0.29, 0.717) is 6.54 Å². The van der Waals surface area contributed by atoms with E-state index < -0.39 is 5.72 Å². The molecule has 1 atom stereocenters. The summed E-state index contributed by atoms with van der Waals surface area (Å²) in [5.74, 6) is 0. The summed E-state index contributed by atoms with van der Waals surface area (Å²) in [5, 5.41) is 11.1. The topological polar surface area (TPSA) is 36.7 Å². The van der Waals surface area contributed by atoms with Gasteiger partial charge in [0.1, 0.15) is 0 Å². The van der Waals surface area contributed by atoms with Crippen molar-refractivity contribution in [3.63, 3.8) is 0 Å². The number of hydroxylamine groups is 2. The molecule has 9 heavy (non-hydrogen) atoms. The fourth-order valence-corrected chi connectivity index (χ4v) is 0.540. The van der Waals surface area contributed by atoms with Crippen molar-refractivity contribution in [3.05, 3.63) is 5.21 Å². The molecule has 0 spiro atoms. The second-order valence-electron chi connectivity index (χ2n) is 2.49. The van der Waals surface area contributed by atoms with Crippen molar-refractivity contribution in [2.24, 2.45) is 0 Å². The Balaban J connectivity index is 3.80. The molecule has 0 aliphatic heterocycles.